The molecule has 0 unspecified atom stereocenters. The Morgan fingerprint density at radius 1 is 1.38 bits per heavy atom. The average molecular weight is 359 g/mol. The number of nitrogens with zero attached hydrogens (tertiary/aromatic N) is 1. The summed E-state index contributed by atoms with van der Waals surface area (Å²) in [7, 11) is 1.73. The first kappa shape index (κ1) is 16.9. The van der Waals surface area contributed by atoms with Gasteiger partial charge < -0.3 is 10.1 Å². The van der Waals surface area contributed by atoms with Crippen molar-refractivity contribution >= 4 is 15.9 Å². The fourth-order valence-corrected chi connectivity index (χ4v) is 3.15. The number of benzene rings is 1. The number of ether oxygens (including phenoxy) is 1. The summed E-state index contributed by atoms with van der Waals surface area (Å²) in [6.45, 7) is 5.93. The van der Waals surface area contributed by atoms with Crippen molar-refractivity contribution in [1.82, 2.24) is 10.2 Å². The second-order valence-electron chi connectivity index (χ2n) is 5.66. The van der Waals surface area contributed by atoms with Gasteiger partial charge in [0.2, 0.25) is 0 Å². The van der Waals surface area contributed by atoms with E-state index in [-0.39, 0.29) is 5.82 Å². The van der Waals surface area contributed by atoms with Crippen LogP contribution in [0.4, 0.5) is 4.39 Å². The SMILES string of the molecule is COCCNCC1CCN(Cc2ccc(F)c(Br)c2)CC1. The molecule has 0 saturated carbocycles. The summed E-state index contributed by atoms with van der Waals surface area (Å²) < 4.78 is 18.8. The maximum atomic E-state index is 13.2. The number of rotatable bonds is 7. The summed E-state index contributed by atoms with van der Waals surface area (Å²) in [6, 6.07) is 5.29. The number of likely N-dealkylation sites (tertiary alicyclic amines) is 1. The van der Waals surface area contributed by atoms with E-state index in [0.29, 0.717) is 4.47 Å². The second kappa shape index (κ2) is 8.83. The first-order valence-electron chi connectivity index (χ1n) is 7.55. The highest BCUT2D eigenvalue weighted by Crippen LogP contribution is 2.21. The van der Waals surface area contributed by atoms with Gasteiger partial charge in [-0.3, -0.25) is 4.90 Å². The molecule has 2 rings (SSSR count). The molecule has 3 nitrogen and oxygen atoms in total. The van der Waals surface area contributed by atoms with E-state index in [1.54, 1.807) is 7.11 Å². The van der Waals surface area contributed by atoms with Crippen LogP contribution in [-0.2, 0) is 11.3 Å². The maximum absolute atomic E-state index is 13.2. The molecule has 0 aromatic heterocycles. The fraction of sp³-hybridized carbons (Fsp3) is 0.625. The van der Waals surface area contributed by atoms with Gasteiger partial charge in [0.05, 0.1) is 11.1 Å². The molecule has 0 atom stereocenters. The summed E-state index contributed by atoms with van der Waals surface area (Å²) in [5, 5.41) is 3.44. The summed E-state index contributed by atoms with van der Waals surface area (Å²) in [5.74, 6) is 0.567. The molecule has 0 bridgehead atoms. The largest absolute Gasteiger partial charge is 0.383 e. The Balaban J connectivity index is 1.70. The molecule has 118 valence electrons. The van der Waals surface area contributed by atoms with Crippen LogP contribution < -0.4 is 5.32 Å². The quantitative estimate of drug-likeness (QED) is 0.758. The lowest BCUT2D eigenvalue weighted by Gasteiger charge is -2.32. The molecule has 1 heterocycles. The Hall–Kier alpha value is -0.490. The number of nitrogens with one attached hydrogen (secondary N) is 1. The zero-order valence-electron chi connectivity index (χ0n) is 12.6. The van der Waals surface area contributed by atoms with Gasteiger partial charge in [-0.2, -0.15) is 0 Å². The van der Waals surface area contributed by atoms with Gasteiger partial charge in [0, 0.05) is 20.2 Å². The van der Waals surface area contributed by atoms with Gasteiger partial charge >= 0.3 is 0 Å². The third-order valence-electron chi connectivity index (χ3n) is 4.01. The molecule has 1 aliphatic rings. The first-order chi connectivity index (χ1) is 10.2. The average Bonchev–Trinajstić information content (AvgIpc) is 2.49. The molecule has 0 radical (unpaired) electrons. The Labute approximate surface area is 135 Å². The molecule has 1 aromatic rings. The lowest BCUT2D eigenvalue weighted by atomic mass is 9.96. The summed E-state index contributed by atoms with van der Waals surface area (Å²) in [6.07, 6.45) is 2.45. The van der Waals surface area contributed by atoms with E-state index in [1.165, 1.54) is 24.5 Å². The molecule has 1 fully saturated rings. The van der Waals surface area contributed by atoms with Crippen LogP contribution in [-0.4, -0.2) is 44.8 Å². The lowest BCUT2D eigenvalue weighted by molar-refractivity contribution is 0.168. The monoisotopic (exact) mass is 358 g/mol. The molecule has 1 N–H and O–H groups in total. The number of piperidine rings is 1. The molecule has 1 aromatic carbocycles. The third kappa shape index (κ3) is 5.66. The van der Waals surface area contributed by atoms with E-state index >= 15 is 0 Å². The minimum Gasteiger partial charge on any atom is -0.383 e. The molecule has 5 heteroatoms. The van der Waals surface area contributed by atoms with Gasteiger partial charge in [-0.05, 0) is 72.0 Å². The molecule has 0 amide bonds. The highest BCUT2D eigenvalue weighted by atomic mass is 79.9. The minimum atomic E-state index is -0.195. The summed E-state index contributed by atoms with van der Waals surface area (Å²) in [4.78, 5) is 2.45. The van der Waals surface area contributed by atoms with Gasteiger partial charge in [0.25, 0.3) is 0 Å². The highest BCUT2D eigenvalue weighted by molar-refractivity contribution is 9.10. The van der Waals surface area contributed by atoms with E-state index in [1.807, 2.05) is 12.1 Å². The summed E-state index contributed by atoms with van der Waals surface area (Å²) in [5.41, 5.74) is 1.17. The van der Waals surface area contributed by atoms with E-state index in [9.17, 15) is 4.39 Å². The van der Waals surface area contributed by atoms with Crippen molar-refractivity contribution in [2.24, 2.45) is 5.92 Å². The topological polar surface area (TPSA) is 24.5 Å². The normalized spacial score (nSPS) is 17.3. The van der Waals surface area contributed by atoms with Crippen LogP contribution in [0.25, 0.3) is 0 Å². The minimum absolute atomic E-state index is 0.195. The smallest absolute Gasteiger partial charge is 0.137 e. The second-order valence-corrected chi connectivity index (χ2v) is 6.52. The van der Waals surface area contributed by atoms with E-state index in [0.717, 1.165) is 45.2 Å². The van der Waals surface area contributed by atoms with Crippen LogP contribution in [0.2, 0.25) is 0 Å². The third-order valence-corrected chi connectivity index (χ3v) is 4.62. The van der Waals surface area contributed by atoms with Crippen LogP contribution in [0.1, 0.15) is 18.4 Å². The number of methoxy groups -OCH3 is 1. The molecule has 21 heavy (non-hydrogen) atoms. The Morgan fingerprint density at radius 2 is 2.14 bits per heavy atom. The van der Waals surface area contributed by atoms with E-state index < -0.39 is 0 Å². The van der Waals surface area contributed by atoms with Crippen LogP contribution in [0.15, 0.2) is 22.7 Å². The van der Waals surface area contributed by atoms with Crippen LogP contribution in [0, 0.1) is 11.7 Å². The lowest BCUT2D eigenvalue weighted by Crippen LogP contribution is -2.37. The number of halogens is 2. The number of hydrogen-bond acceptors (Lipinski definition) is 3. The van der Waals surface area contributed by atoms with Crippen molar-refractivity contribution in [3.05, 3.63) is 34.1 Å². The predicted octanol–water partition coefficient (Wildman–Crippen LogP) is 3.04. The van der Waals surface area contributed by atoms with Crippen LogP contribution in [0.3, 0.4) is 0 Å². The molecule has 1 saturated heterocycles. The molecule has 1 aliphatic heterocycles. The van der Waals surface area contributed by atoms with E-state index in [4.69, 9.17) is 4.74 Å². The van der Waals surface area contributed by atoms with Gasteiger partial charge in [0.15, 0.2) is 0 Å². The molecule has 0 aliphatic carbocycles. The van der Waals surface area contributed by atoms with Crippen molar-refractivity contribution in [3.8, 4) is 0 Å². The van der Waals surface area contributed by atoms with Crippen molar-refractivity contribution in [3.63, 3.8) is 0 Å². The maximum Gasteiger partial charge on any atom is 0.137 e. The predicted molar refractivity (Wildman–Crippen MR) is 86.8 cm³/mol. The van der Waals surface area contributed by atoms with Crippen LogP contribution in [0.5, 0.6) is 0 Å². The van der Waals surface area contributed by atoms with Gasteiger partial charge in [0.1, 0.15) is 5.82 Å². The zero-order valence-corrected chi connectivity index (χ0v) is 14.2. The first-order valence-corrected chi connectivity index (χ1v) is 8.34. The molecule has 0 spiro atoms. The Kier molecular flexibility index (Phi) is 7.10. The zero-order chi connectivity index (χ0) is 15.1. The van der Waals surface area contributed by atoms with Crippen molar-refractivity contribution in [1.29, 1.82) is 0 Å². The van der Waals surface area contributed by atoms with E-state index in [2.05, 4.69) is 26.1 Å². The fourth-order valence-electron chi connectivity index (χ4n) is 2.73. The van der Waals surface area contributed by atoms with Crippen LogP contribution >= 0.6 is 15.9 Å². The van der Waals surface area contributed by atoms with Gasteiger partial charge in [-0.15, -0.1) is 0 Å². The van der Waals surface area contributed by atoms with Crippen molar-refractivity contribution in [2.45, 2.75) is 19.4 Å². The molecular weight excluding hydrogens is 335 g/mol. The standard InChI is InChI=1S/C16H24BrFN2O/c1-21-9-6-19-11-13-4-7-20(8-5-13)12-14-2-3-16(18)15(17)10-14/h2-3,10,13,19H,4-9,11-12H2,1H3. The van der Waals surface area contributed by atoms with Gasteiger partial charge in [-0.25, -0.2) is 4.39 Å². The number of hydrogen-bond donors (Lipinski definition) is 1. The van der Waals surface area contributed by atoms with Gasteiger partial charge in [-0.1, -0.05) is 6.07 Å². The highest BCUT2D eigenvalue weighted by Gasteiger charge is 2.19. The Bertz CT molecular complexity index is 436. The summed E-state index contributed by atoms with van der Waals surface area (Å²) >= 11 is 3.25. The Morgan fingerprint density at radius 3 is 2.81 bits per heavy atom. The molecular formula is C16H24BrFN2O. The van der Waals surface area contributed by atoms with Crippen molar-refractivity contribution in [2.75, 3.05) is 39.9 Å². The van der Waals surface area contributed by atoms with Crippen molar-refractivity contribution < 1.29 is 9.13 Å².